The summed E-state index contributed by atoms with van der Waals surface area (Å²) >= 11 is 0. The standard InChI is InChI=1S/C57H103N2O7P/c1-7-10-13-16-19-22-25-26-27-28-29-30-31-32-35-37-40-43-46-49-56(60)58-54(53-65-67(62,63)64-52-51-59(4,5)6)55(48-45-42-39-36-33-23-20-17-14-11-8-2)66-57(61)50-47-44-41-38-34-24-21-18-15-12-9-3/h18-19,21-22,26-27,29-30,32,35,45,48,54-55H,7-17,20,23-25,28,31,33-34,36-44,46-47,49-53H2,1-6H3,(H-,58,60,62,63)/p+1/b21-18-,22-19-,27-26-,30-29-,35-32-,48-45-. The molecule has 0 bridgehead atoms. The number of carbonyl (C=O) groups excluding carboxylic acids is 2. The molecule has 9 nitrogen and oxygen atoms in total. The Bertz CT molecular complexity index is 1380. The molecular formula is C57H104N2O7P+. The average Bonchev–Trinajstić information content (AvgIpc) is 3.28. The Morgan fingerprint density at radius 1 is 0.522 bits per heavy atom. The molecule has 0 spiro atoms. The highest BCUT2D eigenvalue weighted by Crippen LogP contribution is 2.43. The number of ether oxygens (including phenoxy) is 1. The van der Waals surface area contributed by atoms with Gasteiger partial charge < -0.3 is 19.4 Å². The third-order valence-corrected chi connectivity index (χ3v) is 12.6. The summed E-state index contributed by atoms with van der Waals surface area (Å²) in [6.07, 6.45) is 59.0. The number of esters is 1. The topological polar surface area (TPSA) is 111 Å². The van der Waals surface area contributed by atoms with Gasteiger partial charge in [-0.05, 0) is 96.0 Å². The molecule has 2 N–H and O–H groups in total. The maximum absolute atomic E-state index is 13.4. The van der Waals surface area contributed by atoms with Gasteiger partial charge in [-0.2, -0.15) is 0 Å². The molecule has 0 aliphatic heterocycles. The maximum Gasteiger partial charge on any atom is 0.472 e. The summed E-state index contributed by atoms with van der Waals surface area (Å²) in [6, 6.07) is -0.868. The molecule has 1 amide bonds. The number of hydrogen-bond donors (Lipinski definition) is 2. The Balaban J connectivity index is 5.40. The molecule has 0 fully saturated rings. The molecule has 0 aromatic heterocycles. The molecule has 0 saturated carbocycles. The number of amides is 1. The van der Waals surface area contributed by atoms with Crippen molar-refractivity contribution in [2.75, 3.05) is 40.9 Å². The van der Waals surface area contributed by atoms with Gasteiger partial charge >= 0.3 is 13.8 Å². The summed E-state index contributed by atoms with van der Waals surface area (Å²) in [5, 5.41) is 3.02. The molecule has 388 valence electrons. The first-order valence-corrected chi connectivity index (χ1v) is 28.8. The minimum atomic E-state index is -4.45. The van der Waals surface area contributed by atoms with E-state index in [4.69, 9.17) is 13.8 Å². The quantitative estimate of drug-likeness (QED) is 0.0205. The van der Waals surface area contributed by atoms with Crippen LogP contribution in [0.3, 0.4) is 0 Å². The van der Waals surface area contributed by atoms with Crippen molar-refractivity contribution in [2.45, 2.75) is 238 Å². The molecule has 0 saturated heterocycles. The molecule has 3 unspecified atom stereocenters. The van der Waals surface area contributed by atoms with Crippen molar-refractivity contribution in [1.82, 2.24) is 5.32 Å². The summed E-state index contributed by atoms with van der Waals surface area (Å²) in [7, 11) is 1.46. The fourth-order valence-electron chi connectivity index (χ4n) is 7.31. The largest absolute Gasteiger partial charge is 0.472 e. The number of carbonyl (C=O) groups is 2. The number of rotatable bonds is 48. The summed E-state index contributed by atoms with van der Waals surface area (Å²) in [5.41, 5.74) is 0. The van der Waals surface area contributed by atoms with E-state index in [1.807, 2.05) is 33.3 Å². The molecule has 0 aliphatic carbocycles. The lowest BCUT2D eigenvalue weighted by molar-refractivity contribution is -0.870. The zero-order chi connectivity index (χ0) is 49.4. The molecule has 0 aromatic carbocycles. The van der Waals surface area contributed by atoms with E-state index < -0.39 is 20.0 Å². The highest BCUT2D eigenvalue weighted by Gasteiger charge is 2.30. The van der Waals surface area contributed by atoms with E-state index in [2.05, 4.69) is 86.8 Å². The van der Waals surface area contributed by atoms with Crippen molar-refractivity contribution in [2.24, 2.45) is 0 Å². The number of nitrogens with zero attached hydrogens (tertiary/aromatic N) is 1. The van der Waals surface area contributed by atoms with Crippen LogP contribution in [0.5, 0.6) is 0 Å². The van der Waals surface area contributed by atoms with Crippen molar-refractivity contribution in [3.8, 4) is 0 Å². The lowest BCUT2D eigenvalue weighted by Crippen LogP contribution is -2.47. The lowest BCUT2D eigenvalue weighted by Gasteiger charge is -2.27. The zero-order valence-corrected chi connectivity index (χ0v) is 45.0. The van der Waals surface area contributed by atoms with E-state index in [1.165, 1.54) is 83.5 Å². The summed E-state index contributed by atoms with van der Waals surface area (Å²) < 4.78 is 30.5. The molecule has 10 heteroatoms. The Morgan fingerprint density at radius 2 is 0.925 bits per heavy atom. The van der Waals surface area contributed by atoms with E-state index in [0.717, 1.165) is 103 Å². The molecule has 0 heterocycles. The van der Waals surface area contributed by atoms with Crippen LogP contribution in [-0.2, 0) is 27.9 Å². The minimum Gasteiger partial charge on any atom is -0.456 e. The molecule has 3 atom stereocenters. The van der Waals surface area contributed by atoms with Crippen molar-refractivity contribution in [1.29, 1.82) is 0 Å². The van der Waals surface area contributed by atoms with Crippen LogP contribution >= 0.6 is 7.82 Å². The van der Waals surface area contributed by atoms with Crippen LogP contribution in [0.2, 0.25) is 0 Å². The van der Waals surface area contributed by atoms with Crippen LogP contribution in [0.1, 0.15) is 226 Å². The number of unbranched alkanes of at least 4 members (excludes halogenated alkanes) is 22. The monoisotopic (exact) mass is 960 g/mol. The Labute approximate surface area is 413 Å². The van der Waals surface area contributed by atoms with Crippen molar-refractivity contribution in [3.05, 3.63) is 72.9 Å². The van der Waals surface area contributed by atoms with E-state index in [9.17, 15) is 19.0 Å². The van der Waals surface area contributed by atoms with Gasteiger partial charge in [0.1, 0.15) is 19.3 Å². The van der Waals surface area contributed by atoms with Crippen LogP contribution < -0.4 is 5.32 Å². The number of allylic oxidation sites excluding steroid dienone is 11. The third kappa shape index (κ3) is 48.3. The van der Waals surface area contributed by atoms with Crippen LogP contribution in [0.25, 0.3) is 0 Å². The molecule has 0 radical (unpaired) electrons. The van der Waals surface area contributed by atoms with Crippen LogP contribution in [0.4, 0.5) is 0 Å². The van der Waals surface area contributed by atoms with Crippen LogP contribution in [0, 0.1) is 0 Å². The minimum absolute atomic E-state index is 0.0298. The lowest BCUT2D eigenvalue weighted by atomic mass is 10.1. The third-order valence-electron chi connectivity index (χ3n) is 11.6. The SMILES string of the molecule is CCCC/C=C\CCCCCCCC(=O)OC(/C=C\CCCCCCCCCCC)C(COP(=O)(O)OCC[N+](C)(C)C)NC(=O)CCCCC/C=C\C/C=C\C/C=C\C/C=C\CCCCC. The normalized spacial score (nSPS) is 14.4. The van der Waals surface area contributed by atoms with Gasteiger partial charge in [-0.3, -0.25) is 18.6 Å². The second kappa shape index (κ2) is 47.1. The van der Waals surface area contributed by atoms with Gasteiger partial charge in [-0.25, -0.2) is 4.57 Å². The van der Waals surface area contributed by atoms with Gasteiger partial charge in [-0.15, -0.1) is 0 Å². The molecule has 0 aliphatic rings. The Kier molecular flexibility index (Phi) is 45.3. The summed E-state index contributed by atoms with van der Waals surface area (Å²) in [6.45, 7) is 6.89. The number of phosphoric acid groups is 1. The fraction of sp³-hybridized carbons (Fsp3) is 0.754. The van der Waals surface area contributed by atoms with Gasteiger partial charge in [0.25, 0.3) is 0 Å². The second-order valence-electron chi connectivity index (χ2n) is 19.4. The number of nitrogens with one attached hydrogen (secondary N) is 1. The highest BCUT2D eigenvalue weighted by atomic mass is 31.2. The van der Waals surface area contributed by atoms with E-state index in [-0.39, 0.29) is 31.5 Å². The van der Waals surface area contributed by atoms with Gasteiger partial charge in [-0.1, -0.05) is 190 Å². The van der Waals surface area contributed by atoms with E-state index >= 15 is 0 Å². The smallest absolute Gasteiger partial charge is 0.456 e. The van der Waals surface area contributed by atoms with Gasteiger partial charge in [0.2, 0.25) is 5.91 Å². The summed E-state index contributed by atoms with van der Waals surface area (Å²) in [5.74, 6) is -0.558. The van der Waals surface area contributed by atoms with E-state index in [0.29, 0.717) is 23.9 Å². The maximum atomic E-state index is 13.4. The van der Waals surface area contributed by atoms with Crippen LogP contribution in [0.15, 0.2) is 72.9 Å². The molecule has 0 rings (SSSR count). The summed E-state index contributed by atoms with van der Waals surface area (Å²) in [4.78, 5) is 37.4. The molecule has 0 aromatic rings. The first-order chi connectivity index (χ1) is 32.4. The number of hydrogen-bond acceptors (Lipinski definition) is 6. The predicted octanol–water partition coefficient (Wildman–Crippen LogP) is 16.1. The molecule has 67 heavy (non-hydrogen) atoms. The Morgan fingerprint density at radius 3 is 1.46 bits per heavy atom. The number of quaternary nitrogens is 1. The molecular weight excluding hydrogens is 856 g/mol. The number of phosphoric ester groups is 1. The number of likely N-dealkylation sites (N-methyl/N-ethyl adjacent to an activating group) is 1. The highest BCUT2D eigenvalue weighted by molar-refractivity contribution is 7.47. The van der Waals surface area contributed by atoms with Gasteiger partial charge in [0, 0.05) is 12.8 Å². The Hall–Kier alpha value is -2.55. The van der Waals surface area contributed by atoms with Gasteiger partial charge in [0.05, 0.1) is 33.8 Å². The fourth-order valence-corrected chi connectivity index (χ4v) is 8.05. The second-order valence-corrected chi connectivity index (χ2v) is 20.8. The first-order valence-electron chi connectivity index (χ1n) is 27.3. The predicted molar refractivity (Wildman–Crippen MR) is 286 cm³/mol. The van der Waals surface area contributed by atoms with Crippen molar-refractivity contribution < 1.29 is 37.3 Å². The zero-order valence-electron chi connectivity index (χ0n) is 44.1. The van der Waals surface area contributed by atoms with Crippen molar-refractivity contribution >= 4 is 19.7 Å². The first kappa shape index (κ1) is 64.5. The average molecular weight is 960 g/mol. The van der Waals surface area contributed by atoms with Crippen LogP contribution in [-0.4, -0.2) is 74.3 Å². The van der Waals surface area contributed by atoms with E-state index in [1.54, 1.807) is 0 Å². The van der Waals surface area contributed by atoms with Crippen molar-refractivity contribution in [3.63, 3.8) is 0 Å². The van der Waals surface area contributed by atoms with Gasteiger partial charge in [0.15, 0.2) is 0 Å².